The quantitative estimate of drug-likeness (QED) is 0.102. The highest BCUT2D eigenvalue weighted by molar-refractivity contribution is 14.1. The van der Waals surface area contributed by atoms with Crippen LogP contribution >= 0.6 is 22.6 Å². The average molecular weight is 632 g/mol. The van der Waals surface area contributed by atoms with Crippen molar-refractivity contribution in [1.29, 1.82) is 0 Å². The summed E-state index contributed by atoms with van der Waals surface area (Å²) >= 11 is 1.94. The van der Waals surface area contributed by atoms with Crippen molar-refractivity contribution in [2.45, 2.75) is 13.5 Å². The Hall–Kier alpha value is -3.55. The largest absolute Gasteiger partial charge is 0.493 e. The van der Waals surface area contributed by atoms with Crippen molar-refractivity contribution in [3.63, 3.8) is 0 Å². The maximum Gasteiger partial charge on any atom is 0.280 e. The Kier molecular flexibility index (Phi) is 7.48. The molecule has 37 heavy (non-hydrogen) atoms. The summed E-state index contributed by atoms with van der Waals surface area (Å²) in [6, 6.07) is 9.17. The molecule has 1 amide bonds. The molecule has 1 aliphatic heterocycles. The van der Waals surface area contributed by atoms with Crippen molar-refractivity contribution in [2.75, 3.05) is 12.1 Å². The van der Waals surface area contributed by atoms with E-state index in [2.05, 4.69) is 5.10 Å². The number of methoxy groups -OCH3 is 1. The fourth-order valence-electron chi connectivity index (χ4n) is 3.51. The number of hydrazone groups is 1. The van der Waals surface area contributed by atoms with Crippen LogP contribution in [0.1, 0.15) is 18.1 Å². The van der Waals surface area contributed by atoms with E-state index < -0.39 is 46.5 Å². The molecule has 0 aliphatic carbocycles. The minimum atomic E-state index is -2.35. The van der Waals surface area contributed by atoms with Crippen molar-refractivity contribution >= 4 is 46.0 Å². The first kappa shape index (κ1) is 26.5. The highest BCUT2D eigenvalue weighted by Crippen LogP contribution is 2.37. The summed E-state index contributed by atoms with van der Waals surface area (Å²) in [5, 5.41) is 3.84. The molecule has 12 heteroatoms. The van der Waals surface area contributed by atoms with Crippen molar-refractivity contribution in [3.8, 4) is 11.5 Å². The number of nitrogens with zero attached hydrogens (tertiary/aromatic N) is 2. The van der Waals surface area contributed by atoms with E-state index in [0.717, 1.165) is 0 Å². The lowest BCUT2D eigenvalue weighted by Gasteiger charge is -2.15. The molecule has 0 bridgehead atoms. The van der Waals surface area contributed by atoms with Gasteiger partial charge in [-0.3, -0.25) is 4.79 Å². The monoisotopic (exact) mass is 632 g/mol. The topological polar surface area (TPSA) is 51.1 Å². The van der Waals surface area contributed by atoms with Crippen LogP contribution in [0, 0.1) is 38.5 Å². The number of amides is 1. The minimum Gasteiger partial charge on any atom is -0.493 e. The third-order valence-electron chi connectivity index (χ3n) is 5.35. The van der Waals surface area contributed by atoms with Crippen LogP contribution < -0.4 is 14.5 Å². The Balaban J connectivity index is 1.67. The van der Waals surface area contributed by atoms with Crippen molar-refractivity contribution in [3.05, 3.63) is 91.6 Å². The number of anilines is 1. The van der Waals surface area contributed by atoms with E-state index >= 15 is 0 Å². The van der Waals surface area contributed by atoms with E-state index in [4.69, 9.17) is 9.47 Å². The van der Waals surface area contributed by atoms with E-state index in [0.29, 0.717) is 20.4 Å². The molecule has 192 valence electrons. The van der Waals surface area contributed by atoms with E-state index in [9.17, 15) is 31.1 Å². The first-order chi connectivity index (χ1) is 17.5. The van der Waals surface area contributed by atoms with E-state index in [1.54, 1.807) is 24.3 Å². The summed E-state index contributed by atoms with van der Waals surface area (Å²) in [5.74, 6) is -12.1. The zero-order valence-corrected chi connectivity index (χ0v) is 21.2. The lowest BCUT2D eigenvalue weighted by Crippen LogP contribution is -2.25. The van der Waals surface area contributed by atoms with Crippen LogP contribution in [0.3, 0.4) is 0 Å². The van der Waals surface area contributed by atoms with Gasteiger partial charge in [-0.25, -0.2) is 26.3 Å². The second kappa shape index (κ2) is 10.4. The molecule has 4 rings (SSSR count). The molecule has 0 radical (unpaired) electrons. The van der Waals surface area contributed by atoms with Crippen molar-refractivity contribution < 1.29 is 40.6 Å². The molecule has 0 atom stereocenters. The molecule has 0 saturated carbocycles. The summed E-state index contributed by atoms with van der Waals surface area (Å²) in [6.07, 6.45) is 1.32. The van der Waals surface area contributed by atoms with Gasteiger partial charge in [-0.15, -0.1) is 0 Å². The van der Waals surface area contributed by atoms with Gasteiger partial charge in [0.05, 0.1) is 22.0 Å². The molecule has 3 aromatic rings. The van der Waals surface area contributed by atoms with Crippen LogP contribution in [0.2, 0.25) is 0 Å². The predicted octanol–water partition coefficient (Wildman–Crippen LogP) is 6.52. The predicted molar refractivity (Wildman–Crippen MR) is 131 cm³/mol. The molecule has 3 aromatic carbocycles. The van der Waals surface area contributed by atoms with Gasteiger partial charge < -0.3 is 9.47 Å². The standard InChI is InChI=1S/C25H15F6IN2O3/c1-11-14(25(35)34(33-11)23-21(30)19(28)18(27)20(29)22(23)31)7-12-8-16(32)24(17(9-12)36-2)37-10-13-5-3-4-6-15(13)26/h3-9H,10H2,1-2H3/b14-7+. The number of halogens is 7. The fraction of sp³-hybridized carbons (Fsp3) is 0.120. The van der Waals surface area contributed by atoms with Crippen LogP contribution in [0.4, 0.5) is 32.0 Å². The van der Waals surface area contributed by atoms with E-state index in [-0.39, 0.29) is 28.7 Å². The number of hydrogen-bond acceptors (Lipinski definition) is 4. The zero-order valence-electron chi connectivity index (χ0n) is 19.0. The molecule has 5 nitrogen and oxygen atoms in total. The summed E-state index contributed by atoms with van der Waals surface area (Å²) in [4.78, 5) is 12.9. The van der Waals surface area contributed by atoms with E-state index in [1.807, 2.05) is 22.6 Å². The first-order valence-electron chi connectivity index (χ1n) is 10.4. The number of carbonyl (C=O) groups is 1. The zero-order chi connectivity index (χ0) is 27.0. The smallest absolute Gasteiger partial charge is 0.280 e. The number of hydrogen-bond donors (Lipinski definition) is 0. The Labute approximate surface area is 220 Å². The molecule has 0 unspecified atom stereocenters. The maximum absolute atomic E-state index is 14.3. The minimum absolute atomic E-state index is 0.0252. The Morgan fingerprint density at radius 3 is 2.22 bits per heavy atom. The lowest BCUT2D eigenvalue weighted by molar-refractivity contribution is -0.114. The molecule has 1 heterocycles. The van der Waals surface area contributed by atoms with Crippen molar-refractivity contribution in [2.24, 2.45) is 5.10 Å². The summed E-state index contributed by atoms with van der Waals surface area (Å²) in [6.45, 7) is 1.25. The highest BCUT2D eigenvalue weighted by Gasteiger charge is 2.37. The Bertz CT molecular complexity index is 1460. The third-order valence-corrected chi connectivity index (χ3v) is 6.15. The van der Waals surface area contributed by atoms with Gasteiger partial charge in [0.25, 0.3) is 5.91 Å². The molecule has 0 saturated heterocycles. The molecule has 0 aromatic heterocycles. The van der Waals surface area contributed by atoms with Gasteiger partial charge in [0.1, 0.15) is 18.1 Å². The highest BCUT2D eigenvalue weighted by atomic mass is 127. The fourth-order valence-corrected chi connectivity index (χ4v) is 4.29. The van der Waals surface area contributed by atoms with E-state index in [1.165, 1.54) is 32.2 Å². The maximum atomic E-state index is 14.3. The number of carbonyl (C=O) groups excluding carboxylic acids is 1. The van der Waals surface area contributed by atoms with Crippen molar-refractivity contribution in [1.82, 2.24) is 0 Å². The molecular weight excluding hydrogens is 617 g/mol. The molecular formula is C25H15F6IN2O3. The summed E-state index contributed by atoms with van der Waals surface area (Å²) < 4.78 is 94.9. The lowest BCUT2D eigenvalue weighted by atomic mass is 10.1. The van der Waals surface area contributed by atoms with Crippen LogP contribution in [-0.4, -0.2) is 18.7 Å². The number of benzene rings is 3. The normalized spacial score (nSPS) is 14.4. The van der Waals surface area contributed by atoms with Crippen LogP contribution in [0.15, 0.2) is 47.1 Å². The number of rotatable bonds is 6. The Morgan fingerprint density at radius 1 is 0.973 bits per heavy atom. The van der Waals surface area contributed by atoms with Crippen LogP contribution in [-0.2, 0) is 11.4 Å². The third kappa shape index (κ3) is 4.89. The van der Waals surface area contributed by atoms with Gasteiger partial charge in [0.15, 0.2) is 34.8 Å². The molecule has 0 fully saturated rings. The van der Waals surface area contributed by atoms with Gasteiger partial charge in [0, 0.05) is 5.56 Å². The first-order valence-corrected chi connectivity index (χ1v) is 11.5. The summed E-state index contributed by atoms with van der Waals surface area (Å²) in [5.41, 5.74) is -0.947. The van der Waals surface area contributed by atoms with Gasteiger partial charge in [-0.05, 0) is 59.4 Å². The van der Waals surface area contributed by atoms with Crippen LogP contribution in [0.25, 0.3) is 6.08 Å². The molecule has 0 spiro atoms. The number of ether oxygens (including phenoxy) is 2. The SMILES string of the molecule is COc1cc(/C=C2/C(=O)N(c3c(F)c(F)c(F)c(F)c3F)N=C2C)cc(I)c1OCc1ccccc1F. The van der Waals surface area contributed by atoms with Crippen LogP contribution in [0.5, 0.6) is 11.5 Å². The summed E-state index contributed by atoms with van der Waals surface area (Å²) in [7, 11) is 1.37. The molecule has 0 N–H and O–H groups in total. The Morgan fingerprint density at radius 2 is 1.59 bits per heavy atom. The second-order valence-corrected chi connectivity index (χ2v) is 8.86. The molecule has 1 aliphatic rings. The second-order valence-electron chi connectivity index (χ2n) is 7.69. The van der Waals surface area contributed by atoms with Gasteiger partial charge in [0.2, 0.25) is 5.82 Å². The van der Waals surface area contributed by atoms with Gasteiger partial charge in [-0.2, -0.15) is 10.1 Å². The van der Waals surface area contributed by atoms with Gasteiger partial charge >= 0.3 is 0 Å². The average Bonchev–Trinajstić information content (AvgIpc) is 3.14. The van der Waals surface area contributed by atoms with Gasteiger partial charge in [-0.1, -0.05) is 18.2 Å².